The summed E-state index contributed by atoms with van der Waals surface area (Å²) in [6.45, 7) is 3.69. The van der Waals surface area contributed by atoms with Gasteiger partial charge in [0.1, 0.15) is 5.52 Å². The fraction of sp³-hybridized carbons (Fsp3) is 0.115. The van der Waals surface area contributed by atoms with Crippen LogP contribution in [0.2, 0.25) is 4.34 Å². The average molecular weight is 514 g/mol. The predicted molar refractivity (Wildman–Crippen MR) is 144 cm³/mol. The number of thiophene rings is 1. The number of carbonyl (C=O) groups is 1. The van der Waals surface area contributed by atoms with E-state index in [1.165, 1.54) is 11.3 Å². The monoisotopic (exact) mass is 513 g/mol. The number of rotatable bonds is 5. The van der Waals surface area contributed by atoms with Gasteiger partial charge in [-0.15, -0.1) is 11.3 Å². The second-order valence-corrected chi connectivity index (χ2v) is 10.4. The molecule has 0 unspecified atom stereocenters. The van der Waals surface area contributed by atoms with Crippen molar-refractivity contribution < 1.29 is 4.79 Å². The SMILES string of the molecule is CC(C)C(=O)Nc1cncc(-c2ccc3[nH]nc(-c4nc5c(-c6ccc(Cl)s6)cccc5[nH]4)c3n2)c1. The van der Waals surface area contributed by atoms with Crippen LogP contribution in [0.4, 0.5) is 5.69 Å². The minimum atomic E-state index is -0.127. The number of imidazole rings is 1. The Bertz CT molecular complexity index is 1750. The summed E-state index contributed by atoms with van der Waals surface area (Å²) in [4.78, 5) is 30.6. The topological polar surface area (TPSA) is 112 Å². The molecular weight excluding hydrogens is 494 g/mol. The van der Waals surface area contributed by atoms with E-state index in [9.17, 15) is 4.79 Å². The number of fused-ring (bicyclic) bond motifs is 2. The van der Waals surface area contributed by atoms with E-state index in [4.69, 9.17) is 21.6 Å². The maximum absolute atomic E-state index is 12.1. The molecule has 1 aromatic carbocycles. The van der Waals surface area contributed by atoms with E-state index in [-0.39, 0.29) is 11.8 Å². The van der Waals surface area contributed by atoms with Crippen LogP contribution in [-0.4, -0.2) is 36.0 Å². The lowest BCUT2D eigenvalue weighted by molar-refractivity contribution is -0.118. The number of pyridine rings is 2. The van der Waals surface area contributed by atoms with Gasteiger partial charge in [0.25, 0.3) is 0 Å². The molecule has 0 aliphatic carbocycles. The molecule has 0 radical (unpaired) electrons. The van der Waals surface area contributed by atoms with Gasteiger partial charge in [-0.1, -0.05) is 37.6 Å². The van der Waals surface area contributed by atoms with Gasteiger partial charge < -0.3 is 10.3 Å². The molecule has 8 nitrogen and oxygen atoms in total. The summed E-state index contributed by atoms with van der Waals surface area (Å²) < 4.78 is 0.732. The number of nitrogens with one attached hydrogen (secondary N) is 3. The minimum absolute atomic E-state index is 0.0662. The number of aromatic amines is 2. The lowest BCUT2D eigenvalue weighted by Gasteiger charge is -2.08. The van der Waals surface area contributed by atoms with E-state index in [0.29, 0.717) is 28.4 Å². The molecule has 36 heavy (non-hydrogen) atoms. The molecule has 6 aromatic rings. The predicted octanol–water partition coefficient (Wildman–Crippen LogP) is 6.54. The molecule has 0 spiro atoms. The lowest BCUT2D eigenvalue weighted by atomic mass is 10.1. The number of para-hydroxylation sites is 1. The Labute approximate surface area is 214 Å². The second kappa shape index (κ2) is 8.85. The Hall–Kier alpha value is -4.08. The summed E-state index contributed by atoms with van der Waals surface area (Å²) in [5.74, 6) is 0.424. The van der Waals surface area contributed by atoms with Crippen molar-refractivity contribution >= 4 is 56.6 Å². The fourth-order valence-corrected chi connectivity index (χ4v) is 5.03. The van der Waals surface area contributed by atoms with Crippen molar-refractivity contribution in [3.05, 3.63) is 65.3 Å². The number of benzene rings is 1. The highest BCUT2D eigenvalue weighted by Gasteiger charge is 2.17. The highest BCUT2D eigenvalue weighted by Crippen LogP contribution is 2.36. The third kappa shape index (κ3) is 4.02. The third-order valence-electron chi connectivity index (χ3n) is 5.81. The molecular formula is C26H20ClN7OS. The number of H-pyrrole nitrogens is 2. The molecule has 0 fully saturated rings. The van der Waals surface area contributed by atoms with Crippen LogP contribution in [0.3, 0.4) is 0 Å². The number of halogens is 1. The van der Waals surface area contributed by atoms with Crippen molar-refractivity contribution in [1.29, 1.82) is 0 Å². The van der Waals surface area contributed by atoms with Crippen LogP contribution in [0.5, 0.6) is 0 Å². The van der Waals surface area contributed by atoms with E-state index in [1.54, 1.807) is 12.4 Å². The summed E-state index contributed by atoms with van der Waals surface area (Å²) in [6.07, 6.45) is 3.34. The van der Waals surface area contributed by atoms with Crippen molar-refractivity contribution in [3.8, 4) is 33.2 Å². The van der Waals surface area contributed by atoms with Gasteiger partial charge in [-0.2, -0.15) is 5.10 Å². The van der Waals surface area contributed by atoms with Crippen molar-refractivity contribution in [1.82, 2.24) is 30.1 Å². The standard InChI is InChI=1S/C26H20ClN7OS/c1-13(2)26(35)29-15-10-14(11-28-12-15)17-6-7-19-23(30-17)24(34-33-19)25-31-18-5-3-4-16(22(18)32-25)20-8-9-21(27)36-20/h3-13H,1-2H3,(H,29,35)(H,31,32)(H,33,34). The molecule has 1 amide bonds. The summed E-state index contributed by atoms with van der Waals surface area (Å²) in [7, 11) is 0. The molecule has 178 valence electrons. The lowest BCUT2D eigenvalue weighted by Crippen LogP contribution is -2.17. The molecule has 10 heteroatoms. The summed E-state index contributed by atoms with van der Waals surface area (Å²) >= 11 is 7.69. The summed E-state index contributed by atoms with van der Waals surface area (Å²) in [5.41, 5.74) is 6.96. The van der Waals surface area contributed by atoms with Gasteiger partial charge in [0.15, 0.2) is 11.5 Å². The van der Waals surface area contributed by atoms with Crippen LogP contribution >= 0.6 is 22.9 Å². The van der Waals surface area contributed by atoms with Gasteiger partial charge >= 0.3 is 0 Å². The number of nitrogens with zero attached hydrogens (tertiary/aromatic N) is 4. The maximum atomic E-state index is 12.1. The first-order valence-corrected chi connectivity index (χ1v) is 12.5. The zero-order valence-corrected chi connectivity index (χ0v) is 20.9. The number of anilines is 1. The van der Waals surface area contributed by atoms with E-state index in [1.807, 2.05) is 62.4 Å². The van der Waals surface area contributed by atoms with E-state index >= 15 is 0 Å². The number of hydrogen-bond donors (Lipinski definition) is 3. The molecule has 5 aromatic heterocycles. The van der Waals surface area contributed by atoms with Gasteiger partial charge in [0.2, 0.25) is 5.91 Å². The van der Waals surface area contributed by atoms with Crippen molar-refractivity contribution in [2.24, 2.45) is 5.92 Å². The average Bonchev–Trinajstić information content (AvgIpc) is 3.61. The van der Waals surface area contributed by atoms with Gasteiger partial charge in [-0.05, 0) is 36.4 Å². The number of amides is 1. The zero-order valence-electron chi connectivity index (χ0n) is 19.3. The Kier molecular flexibility index (Phi) is 5.50. The second-order valence-electron chi connectivity index (χ2n) is 8.66. The Morgan fingerprint density at radius 3 is 2.72 bits per heavy atom. The Morgan fingerprint density at radius 2 is 1.92 bits per heavy atom. The quantitative estimate of drug-likeness (QED) is 0.242. The molecule has 5 heterocycles. The number of aromatic nitrogens is 6. The number of hydrogen-bond acceptors (Lipinski definition) is 6. The highest BCUT2D eigenvalue weighted by molar-refractivity contribution is 7.19. The number of carbonyl (C=O) groups excluding carboxylic acids is 1. The first kappa shape index (κ1) is 22.4. The minimum Gasteiger partial charge on any atom is -0.336 e. The molecule has 3 N–H and O–H groups in total. The molecule has 0 aliphatic heterocycles. The Morgan fingerprint density at radius 1 is 1.03 bits per heavy atom. The first-order chi connectivity index (χ1) is 17.5. The van der Waals surface area contributed by atoms with Gasteiger partial charge in [-0.3, -0.25) is 14.9 Å². The van der Waals surface area contributed by atoms with Gasteiger partial charge in [0, 0.05) is 28.1 Å². The van der Waals surface area contributed by atoms with Crippen molar-refractivity contribution in [2.75, 3.05) is 5.32 Å². The van der Waals surface area contributed by atoms with Crippen LogP contribution in [0.15, 0.2) is 60.9 Å². The molecule has 0 aliphatic rings. The van der Waals surface area contributed by atoms with Crippen molar-refractivity contribution in [2.45, 2.75) is 13.8 Å². The van der Waals surface area contributed by atoms with Crippen LogP contribution in [-0.2, 0) is 4.79 Å². The molecule has 0 saturated carbocycles. The van der Waals surface area contributed by atoms with Gasteiger partial charge in [-0.25, -0.2) is 9.97 Å². The largest absolute Gasteiger partial charge is 0.336 e. The maximum Gasteiger partial charge on any atom is 0.226 e. The fourth-order valence-electron chi connectivity index (χ4n) is 3.96. The molecule has 6 rings (SSSR count). The zero-order chi connectivity index (χ0) is 24.8. The summed E-state index contributed by atoms with van der Waals surface area (Å²) in [5, 5.41) is 10.4. The van der Waals surface area contributed by atoms with E-state index in [0.717, 1.165) is 36.9 Å². The smallest absolute Gasteiger partial charge is 0.226 e. The van der Waals surface area contributed by atoms with Crippen LogP contribution < -0.4 is 5.32 Å². The van der Waals surface area contributed by atoms with Gasteiger partial charge in [0.05, 0.1) is 38.5 Å². The van der Waals surface area contributed by atoms with Crippen LogP contribution in [0, 0.1) is 5.92 Å². The third-order valence-corrected chi connectivity index (χ3v) is 7.07. The summed E-state index contributed by atoms with van der Waals surface area (Å²) in [6, 6.07) is 15.6. The van der Waals surface area contributed by atoms with Crippen LogP contribution in [0.1, 0.15) is 13.8 Å². The van der Waals surface area contributed by atoms with E-state index < -0.39 is 0 Å². The normalized spacial score (nSPS) is 11.6. The highest BCUT2D eigenvalue weighted by atomic mass is 35.5. The first-order valence-electron chi connectivity index (χ1n) is 11.3. The van der Waals surface area contributed by atoms with Crippen molar-refractivity contribution in [3.63, 3.8) is 0 Å². The molecule has 0 bridgehead atoms. The molecule has 0 saturated heterocycles. The van der Waals surface area contributed by atoms with E-state index in [2.05, 4.69) is 25.5 Å². The van der Waals surface area contributed by atoms with Crippen LogP contribution in [0.25, 0.3) is 55.3 Å². The Balaban J connectivity index is 1.41. The molecule has 0 atom stereocenters.